The molecule has 0 radical (unpaired) electrons. The lowest BCUT2D eigenvalue weighted by atomic mass is 9.97. The molecule has 3 nitrogen and oxygen atoms in total. The molecule has 16 heavy (non-hydrogen) atoms. The maximum atomic E-state index is 6.30. The molecule has 0 saturated heterocycles. The van der Waals surface area contributed by atoms with Crippen LogP contribution in [0, 0.1) is 0 Å². The SMILES string of the molecule is Cn1cncc1-c1ccccc1C1(N)CC1. The minimum Gasteiger partial charge on any atom is -0.334 e. The van der Waals surface area contributed by atoms with E-state index < -0.39 is 0 Å². The minimum absolute atomic E-state index is 0.0964. The van der Waals surface area contributed by atoms with Crippen LogP contribution in [0.3, 0.4) is 0 Å². The van der Waals surface area contributed by atoms with Crippen LogP contribution >= 0.6 is 0 Å². The normalized spacial score (nSPS) is 17.4. The Kier molecular flexibility index (Phi) is 1.91. The van der Waals surface area contributed by atoms with Crippen molar-refractivity contribution in [3.63, 3.8) is 0 Å². The maximum absolute atomic E-state index is 6.30. The van der Waals surface area contributed by atoms with E-state index in [2.05, 4.69) is 29.2 Å². The fraction of sp³-hybridized carbons (Fsp3) is 0.308. The van der Waals surface area contributed by atoms with Crippen molar-refractivity contribution in [3.8, 4) is 11.3 Å². The molecule has 0 spiro atoms. The van der Waals surface area contributed by atoms with Crippen LogP contribution < -0.4 is 5.73 Å². The molecule has 1 aromatic heterocycles. The molecule has 1 heterocycles. The van der Waals surface area contributed by atoms with Crippen LogP contribution in [0.2, 0.25) is 0 Å². The number of benzene rings is 1. The summed E-state index contributed by atoms with van der Waals surface area (Å²) in [5.41, 5.74) is 9.79. The van der Waals surface area contributed by atoms with E-state index in [1.165, 1.54) is 11.1 Å². The van der Waals surface area contributed by atoms with Gasteiger partial charge in [0.1, 0.15) is 0 Å². The Balaban J connectivity index is 2.18. The molecular formula is C13H15N3. The third kappa shape index (κ3) is 1.36. The molecular weight excluding hydrogens is 198 g/mol. The smallest absolute Gasteiger partial charge is 0.0948 e. The Morgan fingerprint density at radius 1 is 1.31 bits per heavy atom. The molecule has 3 heteroatoms. The minimum atomic E-state index is -0.0964. The summed E-state index contributed by atoms with van der Waals surface area (Å²) in [6.45, 7) is 0. The van der Waals surface area contributed by atoms with E-state index in [0.717, 1.165) is 18.5 Å². The first-order valence-electron chi connectivity index (χ1n) is 5.56. The molecule has 1 aliphatic carbocycles. The van der Waals surface area contributed by atoms with E-state index in [1.807, 2.05) is 24.1 Å². The largest absolute Gasteiger partial charge is 0.334 e. The van der Waals surface area contributed by atoms with Gasteiger partial charge in [-0.05, 0) is 18.4 Å². The van der Waals surface area contributed by atoms with Crippen molar-refractivity contribution in [1.29, 1.82) is 0 Å². The van der Waals surface area contributed by atoms with Gasteiger partial charge < -0.3 is 10.3 Å². The zero-order valence-electron chi connectivity index (χ0n) is 9.35. The van der Waals surface area contributed by atoms with Gasteiger partial charge in [0.15, 0.2) is 0 Å². The Hall–Kier alpha value is -1.61. The first-order chi connectivity index (χ1) is 7.71. The highest BCUT2D eigenvalue weighted by Gasteiger charge is 2.41. The summed E-state index contributed by atoms with van der Waals surface area (Å²) < 4.78 is 2.03. The summed E-state index contributed by atoms with van der Waals surface area (Å²) in [6.07, 6.45) is 5.89. The first-order valence-corrected chi connectivity index (χ1v) is 5.56. The van der Waals surface area contributed by atoms with Crippen molar-refractivity contribution in [2.24, 2.45) is 12.8 Å². The molecule has 1 fully saturated rings. The number of aromatic nitrogens is 2. The van der Waals surface area contributed by atoms with Gasteiger partial charge in [-0.2, -0.15) is 0 Å². The van der Waals surface area contributed by atoms with E-state index in [9.17, 15) is 0 Å². The van der Waals surface area contributed by atoms with Gasteiger partial charge in [-0.25, -0.2) is 4.98 Å². The van der Waals surface area contributed by atoms with Crippen LogP contribution in [0.5, 0.6) is 0 Å². The second-order valence-electron chi connectivity index (χ2n) is 4.59. The zero-order valence-corrected chi connectivity index (χ0v) is 9.35. The van der Waals surface area contributed by atoms with Crippen LogP contribution in [-0.4, -0.2) is 9.55 Å². The third-order valence-corrected chi connectivity index (χ3v) is 3.34. The van der Waals surface area contributed by atoms with Gasteiger partial charge in [0, 0.05) is 18.2 Å². The second-order valence-corrected chi connectivity index (χ2v) is 4.59. The fourth-order valence-corrected chi connectivity index (χ4v) is 2.16. The van der Waals surface area contributed by atoms with Crippen molar-refractivity contribution in [2.45, 2.75) is 18.4 Å². The molecule has 2 aromatic rings. The summed E-state index contributed by atoms with van der Waals surface area (Å²) in [6, 6.07) is 8.37. The van der Waals surface area contributed by atoms with Gasteiger partial charge in [-0.15, -0.1) is 0 Å². The Morgan fingerprint density at radius 3 is 2.69 bits per heavy atom. The number of imidazole rings is 1. The highest BCUT2D eigenvalue weighted by atomic mass is 15.0. The molecule has 0 aliphatic heterocycles. The number of aryl methyl sites for hydroxylation is 1. The van der Waals surface area contributed by atoms with Crippen LogP contribution in [0.15, 0.2) is 36.8 Å². The molecule has 0 atom stereocenters. The van der Waals surface area contributed by atoms with Crippen LogP contribution in [0.25, 0.3) is 11.3 Å². The molecule has 0 amide bonds. The average Bonchev–Trinajstić information content (AvgIpc) is 2.89. The highest BCUT2D eigenvalue weighted by molar-refractivity contribution is 5.66. The second kappa shape index (κ2) is 3.19. The summed E-state index contributed by atoms with van der Waals surface area (Å²) in [7, 11) is 2.01. The fourth-order valence-electron chi connectivity index (χ4n) is 2.16. The predicted octanol–water partition coefficient (Wildman–Crippen LogP) is 2.03. The molecule has 0 bridgehead atoms. The molecule has 0 unspecified atom stereocenters. The first kappa shape index (κ1) is 9.60. The Labute approximate surface area is 94.9 Å². The third-order valence-electron chi connectivity index (χ3n) is 3.34. The lowest BCUT2D eigenvalue weighted by Crippen LogP contribution is -2.19. The monoisotopic (exact) mass is 213 g/mol. The van der Waals surface area contributed by atoms with Gasteiger partial charge in [-0.1, -0.05) is 24.3 Å². The summed E-state index contributed by atoms with van der Waals surface area (Å²) >= 11 is 0. The Morgan fingerprint density at radius 2 is 2.06 bits per heavy atom. The van der Waals surface area contributed by atoms with E-state index in [4.69, 9.17) is 5.73 Å². The van der Waals surface area contributed by atoms with Gasteiger partial charge in [-0.3, -0.25) is 0 Å². The topological polar surface area (TPSA) is 43.8 Å². The average molecular weight is 213 g/mol. The van der Waals surface area contributed by atoms with E-state index >= 15 is 0 Å². The van der Waals surface area contributed by atoms with E-state index in [0.29, 0.717) is 0 Å². The molecule has 1 aromatic carbocycles. The quantitative estimate of drug-likeness (QED) is 0.829. The van der Waals surface area contributed by atoms with Crippen molar-refractivity contribution in [3.05, 3.63) is 42.4 Å². The lowest BCUT2D eigenvalue weighted by Gasteiger charge is -2.15. The molecule has 2 N–H and O–H groups in total. The summed E-state index contributed by atoms with van der Waals surface area (Å²) in [5.74, 6) is 0. The van der Waals surface area contributed by atoms with Crippen molar-refractivity contribution >= 4 is 0 Å². The van der Waals surface area contributed by atoms with E-state index in [-0.39, 0.29) is 5.54 Å². The number of rotatable bonds is 2. The predicted molar refractivity (Wildman–Crippen MR) is 63.7 cm³/mol. The summed E-state index contributed by atoms with van der Waals surface area (Å²) in [4.78, 5) is 4.16. The van der Waals surface area contributed by atoms with Crippen molar-refractivity contribution in [1.82, 2.24) is 9.55 Å². The lowest BCUT2D eigenvalue weighted by molar-refractivity contribution is 0.740. The molecule has 3 rings (SSSR count). The number of hydrogen-bond donors (Lipinski definition) is 1. The van der Waals surface area contributed by atoms with Crippen LogP contribution in [0.4, 0.5) is 0 Å². The maximum Gasteiger partial charge on any atom is 0.0948 e. The van der Waals surface area contributed by atoms with Crippen molar-refractivity contribution in [2.75, 3.05) is 0 Å². The number of nitrogens with two attached hydrogens (primary N) is 1. The molecule has 1 saturated carbocycles. The van der Waals surface area contributed by atoms with Crippen LogP contribution in [0.1, 0.15) is 18.4 Å². The van der Waals surface area contributed by atoms with Gasteiger partial charge >= 0.3 is 0 Å². The molecule has 82 valence electrons. The zero-order chi connectivity index (χ0) is 11.2. The molecule has 1 aliphatic rings. The van der Waals surface area contributed by atoms with Crippen LogP contribution in [-0.2, 0) is 12.6 Å². The van der Waals surface area contributed by atoms with E-state index in [1.54, 1.807) is 0 Å². The highest BCUT2D eigenvalue weighted by Crippen LogP contribution is 2.46. The number of nitrogens with zero attached hydrogens (tertiary/aromatic N) is 2. The Bertz CT molecular complexity index is 523. The van der Waals surface area contributed by atoms with Gasteiger partial charge in [0.05, 0.1) is 18.2 Å². The van der Waals surface area contributed by atoms with Crippen molar-refractivity contribution < 1.29 is 0 Å². The number of hydrogen-bond acceptors (Lipinski definition) is 2. The van der Waals surface area contributed by atoms with Gasteiger partial charge in [0.2, 0.25) is 0 Å². The standard InChI is InChI=1S/C13H15N3/c1-16-9-15-8-12(16)10-4-2-3-5-11(10)13(14)6-7-13/h2-5,8-9H,6-7,14H2,1H3. The summed E-state index contributed by atoms with van der Waals surface area (Å²) in [5, 5.41) is 0. The van der Waals surface area contributed by atoms with Gasteiger partial charge in [0.25, 0.3) is 0 Å².